The van der Waals surface area contributed by atoms with E-state index in [1.165, 1.54) is 12.0 Å². The summed E-state index contributed by atoms with van der Waals surface area (Å²) in [6.45, 7) is 0. The molecule has 0 atom stereocenters. The molecule has 2 aromatic heterocycles. The molecule has 4 nitrogen and oxygen atoms in total. The van der Waals surface area contributed by atoms with E-state index in [0.29, 0.717) is 23.0 Å². The van der Waals surface area contributed by atoms with Crippen LogP contribution in [0.3, 0.4) is 0 Å². The van der Waals surface area contributed by atoms with Gasteiger partial charge >= 0.3 is 5.97 Å². The zero-order valence-electron chi connectivity index (χ0n) is 9.72. The lowest BCUT2D eigenvalue weighted by Gasteiger charge is -2.04. The van der Waals surface area contributed by atoms with Crippen molar-refractivity contribution in [2.45, 2.75) is 12.8 Å². The second-order valence-electron chi connectivity index (χ2n) is 3.61. The molecule has 0 aromatic carbocycles. The minimum atomic E-state index is -0.355. The second-order valence-corrected chi connectivity index (χ2v) is 5.00. The minimum absolute atomic E-state index is 0.0919. The Bertz CT molecular complexity index is 543. The monoisotopic (exact) mass is 282 g/mol. The molecule has 6 heteroatoms. The van der Waals surface area contributed by atoms with Crippen LogP contribution in [0.4, 0.5) is 0 Å². The summed E-state index contributed by atoms with van der Waals surface area (Å²) in [5.74, 6) is 0.294. The molecular formula is C12H11ClN2O2S. The van der Waals surface area contributed by atoms with Crippen LogP contribution in [0, 0.1) is 0 Å². The van der Waals surface area contributed by atoms with Crippen molar-refractivity contribution in [1.29, 1.82) is 0 Å². The van der Waals surface area contributed by atoms with Crippen molar-refractivity contribution in [3.63, 3.8) is 0 Å². The van der Waals surface area contributed by atoms with E-state index in [-0.39, 0.29) is 12.4 Å². The van der Waals surface area contributed by atoms with Crippen molar-refractivity contribution < 1.29 is 9.53 Å². The number of thiophene rings is 1. The van der Waals surface area contributed by atoms with E-state index in [9.17, 15) is 4.79 Å². The Hall–Kier alpha value is -1.46. The predicted octanol–water partition coefficient (Wildman–Crippen LogP) is 2.50. The molecule has 2 heterocycles. The van der Waals surface area contributed by atoms with Crippen molar-refractivity contribution in [2.24, 2.45) is 0 Å². The fraction of sp³-hybridized carbons (Fsp3) is 0.250. The van der Waals surface area contributed by atoms with Gasteiger partial charge in [0.25, 0.3) is 0 Å². The molecule has 0 aliphatic rings. The largest absolute Gasteiger partial charge is 0.469 e. The maximum atomic E-state index is 11.1. The van der Waals surface area contributed by atoms with Crippen LogP contribution in [0.5, 0.6) is 0 Å². The van der Waals surface area contributed by atoms with E-state index in [1.807, 2.05) is 17.5 Å². The number of carbonyl (C=O) groups is 1. The standard InChI is InChI=1S/C12H11ClN2O2S/c1-17-11(16)5-8-7-14-10(15-12(8)13)6-9-3-2-4-18-9/h2-4,7H,5-6H2,1H3. The third-order valence-corrected chi connectivity index (χ3v) is 3.54. The maximum absolute atomic E-state index is 11.1. The number of halogens is 1. The fourth-order valence-corrected chi connectivity index (χ4v) is 2.33. The highest BCUT2D eigenvalue weighted by atomic mass is 35.5. The Morgan fingerprint density at radius 2 is 2.39 bits per heavy atom. The Balaban J connectivity index is 2.12. The van der Waals surface area contributed by atoms with Gasteiger partial charge < -0.3 is 4.74 Å². The van der Waals surface area contributed by atoms with E-state index in [0.717, 1.165) is 0 Å². The fourth-order valence-electron chi connectivity index (χ4n) is 1.42. The zero-order valence-corrected chi connectivity index (χ0v) is 11.3. The minimum Gasteiger partial charge on any atom is -0.469 e. The molecule has 2 aromatic rings. The van der Waals surface area contributed by atoms with Crippen LogP contribution >= 0.6 is 22.9 Å². The molecule has 0 aliphatic carbocycles. The molecule has 0 aliphatic heterocycles. The number of methoxy groups -OCH3 is 1. The van der Waals surface area contributed by atoms with Gasteiger partial charge in [-0.2, -0.15) is 0 Å². The Morgan fingerprint density at radius 3 is 3.00 bits per heavy atom. The smallest absolute Gasteiger partial charge is 0.310 e. The summed E-state index contributed by atoms with van der Waals surface area (Å²) in [5, 5.41) is 2.31. The molecule has 0 saturated carbocycles. The van der Waals surface area contributed by atoms with Crippen LogP contribution in [0.25, 0.3) is 0 Å². The van der Waals surface area contributed by atoms with Gasteiger partial charge in [-0.25, -0.2) is 9.97 Å². The van der Waals surface area contributed by atoms with Crippen molar-refractivity contribution in [3.05, 3.63) is 45.1 Å². The normalized spacial score (nSPS) is 10.3. The first-order valence-corrected chi connectivity index (χ1v) is 6.54. The third-order valence-electron chi connectivity index (χ3n) is 2.34. The predicted molar refractivity (Wildman–Crippen MR) is 69.9 cm³/mol. The van der Waals surface area contributed by atoms with Crippen LogP contribution in [0.2, 0.25) is 5.15 Å². The SMILES string of the molecule is COC(=O)Cc1cnc(Cc2cccs2)nc1Cl. The molecule has 0 fully saturated rings. The lowest BCUT2D eigenvalue weighted by atomic mass is 10.2. The molecule has 0 N–H and O–H groups in total. The molecule has 18 heavy (non-hydrogen) atoms. The third kappa shape index (κ3) is 3.27. The Morgan fingerprint density at radius 1 is 1.56 bits per heavy atom. The van der Waals surface area contributed by atoms with Crippen LogP contribution < -0.4 is 0 Å². The quantitative estimate of drug-likeness (QED) is 0.639. The molecular weight excluding hydrogens is 272 g/mol. The summed E-state index contributed by atoms with van der Waals surface area (Å²) >= 11 is 7.66. The highest BCUT2D eigenvalue weighted by Crippen LogP contribution is 2.16. The van der Waals surface area contributed by atoms with Gasteiger partial charge in [0, 0.05) is 23.1 Å². The average Bonchev–Trinajstić information content (AvgIpc) is 2.85. The van der Waals surface area contributed by atoms with Gasteiger partial charge in [0.05, 0.1) is 13.5 Å². The summed E-state index contributed by atoms with van der Waals surface area (Å²) in [5.41, 5.74) is 0.582. The first-order chi connectivity index (χ1) is 8.69. The highest BCUT2D eigenvalue weighted by Gasteiger charge is 2.10. The van der Waals surface area contributed by atoms with Crippen LogP contribution in [-0.2, 0) is 22.4 Å². The molecule has 0 amide bonds. The lowest BCUT2D eigenvalue weighted by molar-refractivity contribution is -0.139. The van der Waals surface area contributed by atoms with Crippen molar-refractivity contribution in [2.75, 3.05) is 7.11 Å². The number of ether oxygens (including phenoxy) is 1. The van der Waals surface area contributed by atoms with Crippen molar-refractivity contribution in [1.82, 2.24) is 9.97 Å². The first-order valence-electron chi connectivity index (χ1n) is 5.28. The number of rotatable bonds is 4. The molecule has 94 valence electrons. The summed E-state index contributed by atoms with van der Waals surface area (Å²) in [6.07, 6.45) is 2.32. The molecule has 0 unspecified atom stereocenters. The van der Waals surface area contributed by atoms with Crippen LogP contribution in [0.1, 0.15) is 16.3 Å². The Kier molecular flexibility index (Phi) is 4.28. The van der Waals surface area contributed by atoms with E-state index < -0.39 is 0 Å². The first kappa shape index (κ1) is 13.0. The lowest BCUT2D eigenvalue weighted by Crippen LogP contribution is -2.07. The highest BCUT2D eigenvalue weighted by molar-refractivity contribution is 7.09. The van der Waals surface area contributed by atoms with Crippen LogP contribution in [-0.4, -0.2) is 23.0 Å². The van der Waals surface area contributed by atoms with Gasteiger partial charge in [0.15, 0.2) is 0 Å². The summed E-state index contributed by atoms with van der Waals surface area (Å²) < 4.78 is 4.57. The van der Waals surface area contributed by atoms with E-state index >= 15 is 0 Å². The summed E-state index contributed by atoms with van der Waals surface area (Å²) in [7, 11) is 1.34. The number of nitrogens with zero attached hydrogens (tertiary/aromatic N) is 2. The number of hydrogen-bond acceptors (Lipinski definition) is 5. The molecule has 2 rings (SSSR count). The van der Waals surface area contributed by atoms with Gasteiger partial charge in [-0.05, 0) is 11.4 Å². The summed E-state index contributed by atoms with van der Waals surface area (Å²) in [6, 6.07) is 4.00. The number of hydrogen-bond donors (Lipinski definition) is 0. The Labute approximate surface area is 114 Å². The average molecular weight is 283 g/mol. The zero-order chi connectivity index (χ0) is 13.0. The number of carbonyl (C=O) groups excluding carboxylic acids is 1. The molecule has 0 saturated heterocycles. The van der Waals surface area contributed by atoms with E-state index in [1.54, 1.807) is 17.5 Å². The topological polar surface area (TPSA) is 52.1 Å². The molecule has 0 radical (unpaired) electrons. The van der Waals surface area contributed by atoms with E-state index in [4.69, 9.17) is 11.6 Å². The van der Waals surface area contributed by atoms with E-state index in [2.05, 4.69) is 14.7 Å². The molecule has 0 spiro atoms. The van der Waals surface area contributed by atoms with Crippen molar-refractivity contribution >= 4 is 28.9 Å². The number of aromatic nitrogens is 2. The van der Waals surface area contributed by atoms with Gasteiger partial charge in [0.2, 0.25) is 0 Å². The summed E-state index contributed by atoms with van der Waals surface area (Å²) in [4.78, 5) is 20.7. The van der Waals surface area contributed by atoms with Crippen LogP contribution in [0.15, 0.2) is 23.7 Å². The van der Waals surface area contributed by atoms with Gasteiger partial charge in [0.1, 0.15) is 11.0 Å². The van der Waals surface area contributed by atoms with Gasteiger partial charge in [-0.15, -0.1) is 11.3 Å². The van der Waals surface area contributed by atoms with Gasteiger partial charge in [-0.1, -0.05) is 17.7 Å². The van der Waals surface area contributed by atoms with Gasteiger partial charge in [-0.3, -0.25) is 4.79 Å². The van der Waals surface area contributed by atoms with Crippen molar-refractivity contribution in [3.8, 4) is 0 Å². The second kappa shape index (κ2) is 5.93. The molecule has 0 bridgehead atoms. The number of esters is 1. The maximum Gasteiger partial charge on any atom is 0.310 e.